The molecule has 0 unspecified atom stereocenters. The minimum absolute atomic E-state index is 0.303. The highest BCUT2D eigenvalue weighted by atomic mass is 16.5. The highest BCUT2D eigenvalue weighted by Gasteiger charge is 2.44. The van der Waals surface area contributed by atoms with Gasteiger partial charge in [0.05, 0.1) is 18.4 Å². The van der Waals surface area contributed by atoms with Gasteiger partial charge in [-0.25, -0.2) is 4.90 Å². The fraction of sp³-hybridized carbons (Fsp3) is 0.154. The van der Waals surface area contributed by atoms with Crippen LogP contribution in [0.2, 0.25) is 0 Å². The zero-order valence-electron chi connectivity index (χ0n) is 17.5. The van der Waals surface area contributed by atoms with Crippen LogP contribution in [0.4, 0.5) is 11.4 Å². The molecular weight excluding hydrogens is 388 g/mol. The standard InChI is InChI=1S/C26H22N2O3/c1-17-7-9-19(10-8-17)23-24(27-16-15-18-5-3-4-6-22(18)27)26(30)28(25(23)29)20-11-13-21(31-2)14-12-20/h3-14H,15-16H2,1-2H3. The number of imide groups is 1. The number of carbonyl (C=O) groups is 2. The lowest BCUT2D eigenvalue weighted by atomic mass is 10.0. The van der Waals surface area contributed by atoms with E-state index in [2.05, 4.69) is 6.07 Å². The third kappa shape index (κ3) is 3.10. The van der Waals surface area contributed by atoms with Crippen LogP contribution in [0.1, 0.15) is 16.7 Å². The average Bonchev–Trinajstić information content (AvgIpc) is 3.32. The molecule has 0 spiro atoms. The fourth-order valence-electron chi connectivity index (χ4n) is 4.29. The number of ether oxygens (including phenoxy) is 1. The Morgan fingerprint density at radius 2 is 1.55 bits per heavy atom. The number of fused-ring (bicyclic) bond motifs is 1. The number of methoxy groups -OCH3 is 1. The molecular formula is C26H22N2O3. The molecule has 2 aliphatic rings. The van der Waals surface area contributed by atoms with Crippen LogP contribution in [0.3, 0.4) is 0 Å². The van der Waals surface area contributed by atoms with Crippen molar-refractivity contribution in [3.05, 3.63) is 95.2 Å². The molecule has 5 rings (SSSR count). The minimum Gasteiger partial charge on any atom is -0.497 e. The second-order valence-corrected chi connectivity index (χ2v) is 7.76. The summed E-state index contributed by atoms with van der Waals surface area (Å²) in [7, 11) is 1.58. The molecule has 0 bridgehead atoms. The lowest BCUT2D eigenvalue weighted by molar-refractivity contribution is -0.120. The van der Waals surface area contributed by atoms with Crippen molar-refractivity contribution in [3.8, 4) is 5.75 Å². The number of aryl methyl sites for hydroxylation is 1. The molecule has 0 fully saturated rings. The Kier molecular flexibility index (Phi) is 4.59. The SMILES string of the molecule is COc1ccc(N2C(=O)C(c3ccc(C)cc3)=C(N3CCc4ccccc43)C2=O)cc1. The van der Waals surface area contributed by atoms with Crippen molar-refractivity contribution in [2.24, 2.45) is 0 Å². The molecule has 0 aromatic heterocycles. The number of para-hydroxylation sites is 1. The third-order valence-electron chi connectivity index (χ3n) is 5.89. The molecule has 154 valence electrons. The molecule has 2 aliphatic heterocycles. The summed E-state index contributed by atoms with van der Waals surface area (Å²) in [5.41, 5.74) is 5.43. The van der Waals surface area contributed by atoms with Crippen LogP contribution in [0.5, 0.6) is 5.75 Å². The van der Waals surface area contributed by atoms with Gasteiger partial charge in [0.2, 0.25) is 0 Å². The lowest BCUT2D eigenvalue weighted by Crippen LogP contribution is -2.34. The Hall–Kier alpha value is -3.86. The van der Waals surface area contributed by atoms with Gasteiger partial charge in [-0.3, -0.25) is 9.59 Å². The van der Waals surface area contributed by atoms with Crippen LogP contribution in [-0.4, -0.2) is 25.5 Å². The zero-order valence-corrected chi connectivity index (χ0v) is 17.5. The number of nitrogens with zero attached hydrogens (tertiary/aromatic N) is 2. The van der Waals surface area contributed by atoms with E-state index >= 15 is 0 Å². The maximum absolute atomic E-state index is 13.7. The van der Waals surface area contributed by atoms with E-state index < -0.39 is 0 Å². The molecule has 2 heterocycles. The first kappa shape index (κ1) is 19.1. The molecule has 5 nitrogen and oxygen atoms in total. The fourth-order valence-corrected chi connectivity index (χ4v) is 4.29. The van der Waals surface area contributed by atoms with Crippen LogP contribution >= 0.6 is 0 Å². The van der Waals surface area contributed by atoms with Crippen molar-refractivity contribution in [2.75, 3.05) is 23.5 Å². The topological polar surface area (TPSA) is 49.9 Å². The van der Waals surface area contributed by atoms with Crippen molar-refractivity contribution in [1.82, 2.24) is 0 Å². The summed E-state index contributed by atoms with van der Waals surface area (Å²) in [6.45, 7) is 2.67. The second-order valence-electron chi connectivity index (χ2n) is 7.76. The van der Waals surface area contributed by atoms with Gasteiger partial charge in [0.15, 0.2) is 0 Å². The van der Waals surface area contributed by atoms with Gasteiger partial charge in [-0.2, -0.15) is 0 Å². The van der Waals surface area contributed by atoms with Crippen molar-refractivity contribution in [1.29, 1.82) is 0 Å². The van der Waals surface area contributed by atoms with Crippen molar-refractivity contribution in [3.63, 3.8) is 0 Å². The summed E-state index contributed by atoms with van der Waals surface area (Å²) < 4.78 is 5.22. The Morgan fingerprint density at radius 3 is 2.26 bits per heavy atom. The van der Waals surface area contributed by atoms with Crippen molar-refractivity contribution in [2.45, 2.75) is 13.3 Å². The van der Waals surface area contributed by atoms with E-state index in [0.717, 1.165) is 23.2 Å². The van der Waals surface area contributed by atoms with E-state index in [-0.39, 0.29) is 11.8 Å². The van der Waals surface area contributed by atoms with Crippen LogP contribution < -0.4 is 14.5 Å². The predicted molar refractivity (Wildman–Crippen MR) is 121 cm³/mol. The quantitative estimate of drug-likeness (QED) is 0.600. The largest absolute Gasteiger partial charge is 0.497 e. The van der Waals surface area contributed by atoms with Gasteiger partial charge < -0.3 is 9.64 Å². The summed E-state index contributed by atoms with van der Waals surface area (Å²) in [5.74, 6) is 0.0594. The van der Waals surface area contributed by atoms with E-state index in [1.807, 2.05) is 54.3 Å². The smallest absolute Gasteiger partial charge is 0.282 e. The van der Waals surface area contributed by atoms with E-state index in [1.54, 1.807) is 31.4 Å². The van der Waals surface area contributed by atoms with E-state index in [0.29, 0.717) is 29.3 Å². The van der Waals surface area contributed by atoms with Crippen molar-refractivity contribution < 1.29 is 14.3 Å². The molecule has 0 saturated carbocycles. The summed E-state index contributed by atoms with van der Waals surface area (Å²) >= 11 is 0. The summed E-state index contributed by atoms with van der Waals surface area (Å²) in [5, 5.41) is 0. The van der Waals surface area contributed by atoms with Gasteiger partial charge in [-0.15, -0.1) is 0 Å². The maximum Gasteiger partial charge on any atom is 0.282 e. The molecule has 0 saturated heterocycles. The first-order valence-electron chi connectivity index (χ1n) is 10.3. The van der Waals surface area contributed by atoms with E-state index in [1.165, 1.54) is 10.5 Å². The first-order valence-corrected chi connectivity index (χ1v) is 10.3. The normalized spacial score (nSPS) is 15.7. The van der Waals surface area contributed by atoms with Gasteiger partial charge in [-0.1, -0.05) is 48.0 Å². The van der Waals surface area contributed by atoms with Crippen LogP contribution in [0.25, 0.3) is 5.57 Å². The summed E-state index contributed by atoms with van der Waals surface area (Å²) in [6.07, 6.45) is 0.838. The number of rotatable bonds is 4. The van der Waals surface area contributed by atoms with E-state index in [4.69, 9.17) is 4.74 Å². The number of amides is 2. The Labute approximate surface area is 181 Å². The van der Waals surface area contributed by atoms with Crippen molar-refractivity contribution >= 4 is 28.8 Å². The maximum atomic E-state index is 13.7. The number of hydrogen-bond acceptors (Lipinski definition) is 4. The Bertz CT molecular complexity index is 1210. The summed E-state index contributed by atoms with van der Waals surface area (Å²) in [6, 6.07) is 22.8. The van der Waals surface area contributed by atoms with Gasteiger partial charge in [0.25, 0.3) is 11.8 Å². The molecule has 0 N–H and O–H groups in total. The molecule has 2 amide bonds. The number of hydrogen-bond donors (Lipinski definition) is 0. The lowest BCUT2D eigenvalue weighted by Gasteiger charge is -2.22. The van der Waals surface area contributed by atoms with Gasteiger partial charge in [0.1, 0.15) is 11.4 Å². The van der Waals surface area contributed by atoms with E-state index in [9.17, 15) is 9.59 Å². The highest BCUT2D eigenvalue weighted by Crippen LogP contribution is 2.40. The van der Waals surface area contributed by atoms with Crippen LogP contribution in [0.15, 0.2) is 78.5 Å². The molecule has 0 atom stereocenters. The van der Waals surface area contributed by atoms with Crippen LogP contribution in [0, 0.1) is 6.92 Å². The minimum atomic E-state index is -0.307. The second kappa shape index (κ2) is 7.43. The van der Waals surface area contributed by atoms with Gasteiger partial charge in [-0.05, 0) is 54.8 Å². The Balaban J connectivity index is 1.65. The number of anilines is 2. The van der Waals surface area contributed by atoms with Gasteiger partial charge >= 0.3 is 0 Å². The average molecular weight is 410 g/mol. The zero-order chi connectivity index (χ0) is 21.5. The molecule has 5 heteroatoms. The molecule has 31 heavy (non-hydrogen) atoms. The number of benzene rings is 3. The summed E-state index contributed by atoms with van der Waals surface area (Å²) in [4.78, 5) is 30.6. The van der Waals surface area contributed by atoms with Crippen LogP contribution in [-0.2, 0) is 16.0 Å². The highest BCUT2D eigenvalue weighted by molar-refractivity contribution is 6.46. The molecule has 0 aliphatic carbocycles. The van der Waals surface area contributed by atoms with Gasteiger partial charge in [0, 0.05) is 12.2 Å². The molecule has 3 aromatic carbocycles. The number of carbonyl (C=O) groups excluding carboxylic acids is 2. The first-order chi connectivity index (χ1) is 15.1. The monoisotopic (exact) mass is 410 g/mol. The third-order valence-corrected chi connectivity index (χ3v) is 5.89. The Morgan fingerprint density at radius 1 is 0.839 bits per heavy atom. The molecule has 0 radical (unpaired) electrons. The molecule has 3 aromatic rings. The predicted octanol–water partition coefficient (Wildman–Crippen LogP) is 4.35.